The minimum Gasteiger partial charge on any atom is -0.493 e. The molecule has 11 heteroatoms. The minimum absolute atomic E-state index is 0.0913. The van der Waals surface area contributed by atoms with Crippen molar-refractivity contribution in [3.63, 3.8) is 0 Å². The van der Waals surface area contributed by atoms with Gasteiger partial charge in [-0.25, -0.2) is 10.4 Å². The molecule has 1 aromatic heterocycles. The van der Waals surface area contributed by atoms with Gasteiger partial charge < -0.3 is 26.0 Å². The molecule has 0 spiro atoms. The molecule has 1 aliphatic rings. The molecule has 1 unspecified atom stereocenters. The van der Waals surface area contributed by atoms with Crippen LogP contribution in [0.1, 0.15) is 47.7 Å². The molecule has 0 bridgehead atoms. The van der Waals surface area contributed by atoms with Crippen molar-refractivity contribution in [2.75, 3.05) is 25.7 Å². The number of carbonyl (C=O) groups excluding carboxylic acids is 1. The van der Waals surface area contributed by atoms with Crippen LogP contribution >= 0.6 is 0 Å². The predicted octanol–water partition coefficient (Wildman–Crippen LogP) is 2.96. The zero-order valence-corrected chi connectivity index (χ0v) is 22.3. The van der Waals surface area contributed by atoms with Crippen LogP contribution in [-0.2, 0) is 22.6 Å². The number of aliphatic carboxylic acids is 1. The summed E-state index contributed by atoms with van der Waals surface area (Å²) in [6, 6.07) is 10.6. The molecule has 0 aliphatic carbocycles. The van der Waals surface area contributed by atoms with Crippen LogP contribution in [0.4, 0.5) is 11.8 Å². The molecule has 1 amide bonds. The van der Waals surface area contributed by atoms with Crippen molar-refractivity contribution in [1.29, 1.82) is 0 Å². The largest absolute Gasteiger partial charge is 0.493 e. The van der Waals surface area contributed by atoms with Crippen LogP contribution in [-0.4, -0.2) is 46.2 Å². The SMILES string of the molecule is COc1cc(Cc2cnc(N)nc2N)cc(C=CC(=O)N2Cc3ccccc3C(C(C)(C)C(=O)O)N2)c1OC. The number of fused-ring (bicyclic) bond motifs is 1. The summed E-state index contributed by atoms with van der Waals surface area (Å²) < 4.78 is 11.1. The van der Waals surface area contributed by atoms with Gasteiger partial charge in [0.15, 0.2) is 11.5 Å². The number of carbonyl (C=O) groups is 2. The fourth-order valence-electron chi connectivity index (χ4n) is 4.54. The first-order valence-corrected chi connectivity index (χ1v) is 12.2. The number of carboxylic acids is 1. The lowest BCUT2D eigenvalue weighted by molar-refractivity contribution is -0.152. The quantitative estimate of drug-likeness (QED) is 0.317. The van der Waals surface area contributed by atoms with Gasteiger partial charge >= 0.3 is 5.97 Å². The Morgan fingerprint density at radius 1 is 1.21 bits per heavy atom. The third-order valence-corrected chi connectivity index (χ3v) is 6.80. The van der Waals surface area contributed by atoms with Crippen molar-refractivity contribution in [3.8, 4) is 11.5 Å². The van der Waals surface area contributed by atoms with Gasteiger partial charge in [-0.1, -0.05) is 24.3 Å². The predicted molar refractivity (Wildman–Crippen MR) is 147 cm³/mol. The van der Waals surface area contributed by atoms with E-state index in [4.69, 9.17) is 20.9 Å². The number of nitrogen functional groups attached to an aromatic ring is 2. The molecule has 204 valence electrons. The zero-order valence-electron chi connectivity index (χ0n) is 22.3. The van der Waals surface area contributed by atoms with E-state index in [2.05, 4.69) is 15.4 Å². The second-order valence-electron chi connectivity index (χ2n) is 9.78. The van der Waals surface area contributed by atoms with Crippen LogP contribution in [0.25, 0.3) is 6.08 Å². The number of ether oxygens (including phenoxy) is 2. The highest BCUT2D eigenvalue weighted by Gasteiger charge is 2.42. The Bertz CT molecular complexity index is 1440. The van der Waals surface area contributed by atoms with Gasteiger partial charge in [0.2, 0.25) is 5.95 Å². The summed E-state index contributed by atoms with van der Waals surface area (Å²) in [6.45, 7) is 3.55. The van der Waals surface area contributed by atoms with Gasteiger partial charge in [-0.3, -0.25) is 14.6 Å². The standard InChI is InChI=1S/C28H32N6O5/c1-28(2,26(36)37)24-20-8-6-5-7-18(20)15-34(33-24)22(35)10-9-17-11-16(13-21(38-3)23(17)39-4)12-19-14-31-27(30)32-25(19)29/h5-11,13-14,24,33H,12,15H2,1-4H3,(H,36,37)(H4,29,30,31,32). The maximum atomic E-state index is 13.3. The molecule has 2 aromatic carbocycles. The van der Waals surface area contributed by atoms with Crippen LogP contribution in [0.15, 0.2) is 48.7 Å². The second-order valence-corrected chi connectivity index (χ2v) is 9.78. The van der Waals surface area contributed by atoms with Crippen LogP contribution in [0.2, 0.25) is 0 Å². The van der Waals surface area contributed by atoms with Crippen LogP contribution in [0.5, 0.6) is 11.5 Å². The molecule has 0 saturated heterocycles. The fourth-order valence-corrected chi connectivity index (χ4v) is 4.54. The van der Waals surface area contributed by atoms with E-state index in [-0.39, 0.29) is 24.2 Å². The van der Waals surface area contributed by atoms with E-state index < -0.39 is 17.4 Å². The number of methoxy groups -OCH3 is 2. The Balaban J connectivity index is 1.64. The highest BCUT2D eigenvalue weighted by Crippen LogP contribution is 2.39. The Labute approximate surface area is 226 Å². The summed E-state index contributed by atoms with van der Waals surface area (Å²) in [5.41, 5.74) is 17.4. The molecule has 0 saturated carbocycles. The summed E-state index contributed by atoms with van der Waals surface area (Å²) in [4.78, 5) is 33.4. The third kappa shape index (κ3) is 5.63. The first kappa shape index (κ1) is 27.4. The highest BCUT2D eigenvalue weighted by atomic mass is 16.5. The number of amides is 1. The van der Waals surface area contributed by atoms with Crippen molar-refractivity contribution in [2.24, 2.45) is 5.41 Å². The van der Waals surface area contributed by atoms with Gasteiger partial charge in [0.25, 0.3) is 5.91 Å². The lowest BCUT2D eigenvalue weighted by atomic mass is 9.78. The second kappa shape index (κ2) is 11.0. The smallest absolute Gasteiger partial charge is 0.311 e. The molecule has 0 radical (unpaired) electrons. The maximum Gasteiger partial charge on any atom is 0.311 e. The summed E-state index contributed by atoms with van der Waals surface area (Å²) in [5, 5.41) is 11.3. The van der Waals surface area contributed by atoms with E-state index in [0.717, 1.165) is 16.7 Å². The number of rotatable bonds is 8. The van der Waals surface area contributed by atoms with Crippen molar-refractivity contribution in [3.05, 3.63) is 76.5 Å². The minimum atomic E-state index is -1.17. The van der Waals surface area contributed by atoms with Crippen molar-refractivity contribution < 1.29 is 24.2 Å². The topological polar surface area (TPSA) is 166 Å². The zero-order chi connectivity index (χ0) is 28.3. The monoisotopic (exact) mass is 532 g/mol. The van der Waals surface area contributed by atoms with Crippen molar-refractivity contribution >= 4 is 29.7 Å². The normalized spacial score (nSPS) is 15.2. The van der Waals surface area contributed by atoms with E-state index in [1.807, 2.05) is 36.4 Å². The maximum absolute atomic E-state index is 13.3. The Kier molecular flexibility index (Phi) is 7.73. The first-order chi connectivity index (χ1) is 18.5. The van der Waals surface area contributed by atoms with E-state index in [1.54, 1.807) is 26.1 Å². The molecule has 0 fully saturated rings. The van der Waals surface area contributed by atoms with E-state index in [0.29, 0.717) is 29.0 Å². The molecule has 2 heterocycles. The number of nitrogens with one attached hydrogen (secondary N) is 1. The van der Waals surface area contributed by atoms with Crippen molar-refractivity contribution in [1.82, 2.24) is 20.4 Å². The van der Waals surface area contributed by atoms with Crippen LogP contribution in [0, 0.1) is 5.41 Å². The van der Waals surface area contributed by atoms with E-state index >= 15 is 0 Å². The van der Waals surface area contributed by atoms with E-state index in [9.17, 15) is 14.7 Å². The fraction of sp³-hybridized carbons (Fsp3) is 0.286. The van der Waals surface area contributed by atoms with Crippen molar-refractivity contribution in [2.45, 2.75) is 32.9 Å². The average molecular weight is 533 g/mol. The number of anilines is 2. The molecular formula is C28H32N6O5. The molecule has 3 aromatic rings. The number of carboxylic acid groups (broad SMARTS) is 1. The number of nitrogens with zero attached hydrogens (tertiary/aromatic N) is 3. The lowest BCUT2D eigenvalue weighted by Gasteiger charge is -2.41. The number of aromatic nitrogens is 2. The number of hydrogen-bond acceptors (Lipinski definition) is 9. The molecule has 1 atom stereocenters. The Hall–Kier alpha value is -4.64. The average Bonchev–Trinajstić information content (AvgIpc) is 2.92. The van der Waals surface area contributed by atoms with Gasteiger partial charge in [0.1, 0.15) is 5.82 Å². The van der Waals surface area contributed by atoms with Gasteiger partial charge in [0, 0.05) is 29.8 Å². The number of nitrogens with two attached hydrogens (primary N) is 2. The first-order valence-electron chi connectivity index (χ1n) is 12.2. The molecule has 4 rings (SSSR count). The Morgan fingerprint density at radius 2 is 1.95 bits per heavy atom. The molecular weight excluding hydrogens is 500 g/mol. The summed E-state index contributed by atoms with van der Waals surface area (Å²) in [5.74, 6) is -0.0220. The van der Waals surface area contributed by atoms with Gasteiger partial charge in [-0.05, 0) is 48.7 Å². The molecule has 39 heavy (non-hydrogen) atoms. The third-order valence-electron chi connectivity index (χ3n) is 6.80. The molecule has 1 aliphatic heterocycles. The highest BCUT2D eigenvalue weighted by molar-refractivity contribution is 5.92. The molecule has 6 N–H and O–H groups in total. The summed E-state index contributed by atoms with van der Waals surface area (Å²) >= 11 is 0. The number of benzene rings is 2. The van der Waals surface area contributed by atoms with E-state index in [1.165, 1.54) is 25.3 Å². The number of hydrazine groups is 1. The molecule has 11 nitrogen and oxygen atoms in total. The van der Waals surface area contributed by atoms with Gasteiger partial charge in [0.05, 0.1) is 32.2 Å². The van der Waals surface area contributed by atoms with Crippen LogP contribution in [0.3, 0.4) is 0 Å². The summed E-state index contributed by atoms with van der Waals surface area (Å²) in [6.07, 6.45) is 5.02. The van der Waals surface area contributed by atoms with Gasteiger partial charge in [-0.2, -0.15) is 4.98 Å². The Morgan fingerprint density at radius 3 is 2.62 bits per heavy atom. The van der Waals surface area contributed by atoms with Crippen LogP contribution < -0.4 is 26.4 Å². The lowest BCUT2D eigenvalue weighted by Crippen LogP contribution is -2.53. The van der Waals surface area contributed by atoms with Gasteiger partial charge in [-0.15, -0.1) is 0 Å². The number of hydrogen-bond donors (Lipinski definition) is 4. The summed E-state index contributed by atoms with van der Waals surface area (Å²) in [7, 11) is 3.05.